The molecule has 0 amide bonds. The summed E-state index contributed by atoms with van der Waals surface area (Å²) in [6, 6.07) is 57.5. The van der Waals surface area contributed by atoms with Crippen molar-refractivity contribution in [3.8, 4) is 34.2 Å². The highest BCUT2D eigenvalue weighted by atomic mass is 16.3. The molecule has 248 valence electrons. The maximum absolute atomic E-state index is 6.28. The van der Waals surface area contributed by atoms with Gasteiger partial charge in [0, 0.05) is 39.3 Å². The fourth-order valence-corrected chi connectivity index (χ4v) is 8.64. The van der Waals surface area contributed by atoms with Crippen molar-refractivity contribution in [2.24, 2.45) is 0 Å². The molecule has 2 aliphatic carbocycles. The third-order valence-electron chi connectivity index (χ3n) is 11.0. The van der Waals surface area contributed by atoms with Gasteiger partial charge in [-0.2, -0.15) is 0 Å². The first kappa shape index (κ1) is 29.8. The second kappa shape index (κ2) is 11.8. The van der Waals surface area contributed by atoms with Crippen molar-refractivity contribution in [2.75, 3.05) is 0 Å². The average molecular weight is 678 g/mol. The van der Waals surface area contributed by atoms with Crippen LogP contribution < -0.4 is 0 Å². The molecule has 2 heterocycles. The van der Waals surface area contributed by atoms with Crippen molar-refractivity contribution >= 4 is 43.9 Å². The van der Waals surface area contributed by atoms with Gasteiger partial charge in [-0.15, -0.1) is 0 Å². The number of benzene rings is 7. The van der Waals surface area contributed by atoms with Crippen molar-refractivity contribution in [1.82, 2.24) is 15.0 Å². The van der Waals surface area contributed by atoms with E-state index in [0.29, 0.717) is 17.5 Å². The molecule has 53 heavy (non-hydrogen) atoms. The number of furan rings is 1. The summed E-state index contributed by atoms with van der Waals surface area (Å²) in [7, 11) is 0. The van der Waals surface area contributed by atoms with E-state index in [4.69, 9.17) is 19.4 Å². The first-order valence-corrected chi connectivity index (χ1v) is 18.1. The van der Waals surface area contributed by atoms with Gasteiger partial charge in [-0.1, -0.05) is 158 Å². The Morgan fingerprint density at radius 2 is 0.925 bits per heavy atom. The fourth-order valence-electron chi connectivity index (χ4n) is 8.64. The van der Waals surface area contributed by atoms with E-state index in [0.717, 1.165) is 44.0 Å². The number of aromatic nitrogens is 3. The highest BCUT2D eigenvalue weighted by molar-refractivity contribution is 6.07. The Morgan fingerprint density at radius 1 is 0.377 bits per heavy atom. The zero-order valence-corrected chi connectivity index (χ0v) is 28.6. The van der Waals surface area contributed by atoms with Crippen LogP contribution in [0, 0.1) is 0 Å². The summed E-state index contributed by atoms with van der Waals surface area (Å²) in [6.45, 7) is 0. The third-order valence-corrected chi connectivity index (χ3v) is 11.0. The summed E-state index contributed by atoms with van der Waals surface area (Å²) in [5.41, 5.74) is 12.4. The zero-order chi connectivity index (χ0) is 34.9. The van der Waals surface area contributed by atoms with E-state index in [1.807, 2.05) is 36.4 Å². The average Bonchev–Trinajstić information content (AvgIpc) is 3.78. The van der Waals surface area contributed by atoms with Crippen molar-refractivity contribution < 1.29 is 4.42 Å². The van der Waals surface area contributed by atoms with Gasteiger partial charge < -0.3 is 4.42 Å². The number of rotatable bonds is 5. The molecule has 7 aromatic carbocycles. The second-order valence-corrected chi connectivity index (χ2v) is 13.9. The molecule has 2 atom stereocenters. The maximum atomic E-state index is 6.28. The largest absolute Gasteiger partial charge is 0.456 e. The van der Waals surface area contributed by atoms with Crippen molar-refractivity contribution in [1.29, 1.82) is 0 Å². The van der Waals surface area contributed by atoms with E-state index in [-0.39, 0.29) is 11.8 Å². The van der Waals surface area contributed by atoms with E-state index in [1.165, 1.54) is 38.8 Å². The Bertz CT molecular complexity index is 2880. The number of allylic oxidation sites excluding steroid dienone is 4. The van der Waals surface area contributed by atoms with Crippen molar-refractivity contribution in [2.45, 2.75) is 11.8 Å². The van der Waals surface area contributed by atoms with E-state index >= 15 is 0 Å². The molecule has 2 aromatic heterocycles. The number of fused-ring (bicyclic) bond motifs is 6. The number of hydrogen-bond acceptors (Lipinski definition) is 4. The van der Waals surface area contributed by atoms with Crippen LogP contribution in [0.2, 0.25) is 0 Å². The van der Waals surface area contributed by atoms with Gasteiger partial charge in [0.15, 0.2) is 17.5 Å². The Morgan fingerprint density at radius 3 is 1.62 bits per heavy atom. The lowest BCUT2D eigenvalue weighted by atomic mass is 9.72. The predicted octanol–water partition coefficient (Wildman–Crippen LogP) is 12.3. The van der Waals surface area contributed by atoms with Gasteiger partial charge in [-0.25, -0.2) is 15.0 Å². The van der Waals surface area contributed by atoms with Gasteiger partial charge in [0.1, 0.15) is 11.2 Å². The molecule has 2 unspecified atom stereocenters. The number of para-hydroxylation sites is 1. The van der Waals surface area contributed by atoms with Crippen LogP contribution in [-0.2, 0) is 0 Å². The molecular formula is C49H31N3O. The molecule has 0 aliphatic heterocycles. The lowest BCUT2D eigenvalue weighted by Gasteiger charge is -2.31. The Balaban J connectivity index is 1.12. The number of nitrogens with zero attached hydrogens (tertiary/aromatic N) is 3. The van der Waals surface area contributed by atoms with Crippen LogP contribution in [-0.4, -0.2) is 15.0 Å². The highest BCUT2D eigenvalue weighted by Crippen LogP contribution is 2.59. The van der Waals surface area contributed by atoms with Gasteiger partial charge in [-0.05, 0) is 62.4 Å². The molecule has 0 radical (unpaired) electrons. The van der Waals surface area contributed by atoms with Crippen LogP contribution in [0.25, 0.3) is 78.0 Å². The predicted molar refractivity (Wildman–Crippen MR) is 215 cm³/mol. The van der Waals surface area contributed by atoms with Gasteiger partial charge >= 0.3 is 0 Å². The van der Waals surface area contributed by atoms with Gasteiger partial charge in [0.2, 0.25) is 0 Å². The van der Waals surface area contributed by atoms with Crippen molar-refractivity contribution in [3.05, 3.63) is 198 Å². The molecule has 0 N–H and O–H groups in total. The molecule has 0 spiro atoms. The minimum absolute atomic E-state index is 0.177. The van der Waals surface area contributed by atoms with E-state index in [2.05, 4.69) is 140 Å². The monoisotopic (exact) mass is 677 g/mol. The minimum atomic E-state index is 0.177. The lowest BCUT2D eigenvalue weighted by Crippen LogP contribution is -2.13. The normalized spacial score (nSPS) is 16.2. The lowest BCUT2D eigenvalue weighted by molar-refractivity contribution is 0.669. The molecule has 0 fully saturated rings. The standard InChI is InChI=1S/C49H31N3O/c1-4-13-30(14-5-1)34-25-26-35(31-15-6-2-7-16-31)46-41-28-27-39(38-20-12-21-40(44(38)41)45(34)46)49-51-47(32-17-8-3-9-18-32)50-48(52-49)33-23-24-37-36-19-10-11-22-42(36)53-43(37)29-33/h1-29,45-46H. The molecular weight excluding hydrogens is 647 g/mol. The van der Waals surface area contributed by atoms with Gasteiger partial charge in [-0.3, -0.25) is 0 Å². The second-order valence-electron chi connectivity index (χ2n) is 13.9. The Hall–Kier alpha value is -6.91. The SMILES string of the molecule is C1=C(c2ccccc2)C2c3cccc4c(-c5nc(-c6ccccc6)nc(-c6ccc7c(c6)oc6ccccc67)n5)ccc(c34)C2C(c2ccccc2)=C1. The van der Waals surface area contributed by atoms with Crippen LogP contribution in [0.3, 0.4) is 0 Å². The fraction of sp³-hybridized carbons (Fsp3) is 0.0408. The van der Waals surface area contributed by atoms with Crippen LogP contribution in [0.1, 0.15) is 34.1 Å². The van der Waals surface area contributed by atoms with Gasteiger partial charge in [0.05, 0.1) is 0 Å². The van der Waals surface area contributed by atoms with E-state index in [1.54, 1.807) is 0 Å². The molecule has 4 nitrogen and oxygen atoms in total. The molecule has 0 bridgehead atoms. The zero-order valence-electron chi connectivity index (χ0n) is 28.6. The van der Waals surface area contributed by atoms with Crippen LogP contribution in [0.5, 0.6) is 0 Å². The topological polar surface area (TPSA) is 51.8 Å². The summed E-state index contributed by atoms with van der Waals surface area (Å²) in [5, 5.41) is 4.61. The molecule has 0 saturated heterocycles. The summed E-state index contributed by atoms with van der Waals surface area (Å²) < 4.78 is 6.28. The Labute approximate surface area is 306 Å². The highest BCUT2D eigenvalue weighted by Gasteiger charge is 2.41. The molecule has 2 aliphatic rings. The number of hydrogen-bond donors (Lipinski definition) is 0. The molecule has 11 rings (SSSR count). The van der Waals surface area contributed by atoms with E-state index < -0.39 is 0 Å². The minimum Gasteiger partial charge on any atom is -0.456 e. The summed E-state index contributed by atoms with van der Waals surface area (Å²) in [4.78, 5) is 15.4. The smallest absolute Gasteiger partial charge is 0.164 e. The first-order chi connectivity index (χ1) is 26.3. The van der Waals surface area contributed by atoms with E-state index in [9.17, 15) is 0 Å². The maximum Gasteiger partial charge on any atom is 0.164 e. The van der Waals surface area contributed by atoms with Crippen LogP contribution in [0.4, 0.5) is 0 Å². The third kappa shape index (κ3) is 4.73. The quantitative estimate of drug-likeness (QED) is 0.182. The molecule has 9 aromatic rings. The summed E-state index contributed by atoms with van der Waals surface area (Å²) in [5.74, 6) is 2.24. The van der Waals surface area contributed by atoms with Crippen LogP contribution >= 0.6 is 0 Å². The van der Waals surface area contributed by atoms with Gasteiger partial charge in [0.25, 0.3) is 0 Å². The first-order valence-electron chi connectivity index (χ1n) is 18.1. The van der Waals surface area contributed by atoms with Crippen LogP contribution in [0.15, 0.2) is 180 Å². The summed E-state index contributed by atoms with van der Waals surface area (Å²) >= 11 is 0. The molecule has 4 heteroatoms. The molecule has 0 saturated carbocycles. The summed E-state index contributed by atoms with van der Waals surface area (Å²) in [6.07, 6.45) is 4.68. The van der Waals surface area contributed by atoms with Crippen molar-refractivity contribution in [3.63, 3.8) is 0 Å². The Kier molecular flexibility index (Phi) is 6.65.